The number of hydrogen-bond acceptors (Lipinski definition) is 3. The van der Waals surface area contributed by atoms with E-state index in [9.17, 15) is 0 Å². The Labute approximate surface area is 454 Å². The zero-order valence-corrected chi connectivity index (χ0v) is 44.9. The van der Waals surface area contributed by atoms with Crippen molar-refractivity contribution in [1.29, 1.82) is 0 Å². The molecule has 0 aliphatic heterocycles. The van der Waals surface area contributed by atoms with Gasteiger partial charge < -0.3 is 14.7 Å². The van der Waals surface area contributed by atoms with Crippen LogP contribution in [0.25, 0.3) is 33.4 Å². The second-order valence-corrected chi connectivity index (χ2v) is 21.6. The molecule has 0 aromatic heterocycles. The summed E-state index contributed by atoms with van der Waals surface area (Å²) in [6, 6.07) is 91.9. The van der Waals surface area contributed by atoms with E-state index in [1.807, 2.05) is 0 Å². The molecule has 77 heavy (non-hydrogen) atoms. The van der Waals surface area contributed by atoms with Crippen LogP contribution in [0.4, 0.5) is 51.2 Å². The largest absolute Gasteiger partial charge is 0.310 e. The zero-order valence-electron chi connectivity index (χ0n) is 44.9. The molecule has 0 saturated carbocycles. The maximum absolute atomic E-state index is 2.52. The van der Waals surface area contributed by atoms with E-state index in [-0.39, 0.29) is 0 Å². The van der Waals surface area contributed by atoms with Gasteiger partial charge in [-0.3, -0.25) is 0 Å². The number of nitrogens with zero attached hydrogens (tertiary/aromatic N) is 3. The quantitative estimate of drug-likeness (QED) is 0.135. The van der Waals surface area contributed by atoms with Gasteiger partial charge in [-0.2, -0.15) is 0 Å². The normalized spacial score (nSPS) is 12.5. The fourth-order valence-electron chi connectivity index (χ4n) is 12.0. The molecule has 13 rings (SSSR count). The van der Waals surface area contributed by atoms with Gasteiger partial charge in [0.2, 0.25) is 0 Å². The first-order chi connectivity index (χ1) is 37.5. The second-order valence-electron chi connectivity index (χ2n) is 21.6. The third kappa shape index (κ3) is 8.22. The number of anilines is 9. The van der Waals surface area contributed by atoms with Gasteiger partial charge in [-0.1, -0.05) is 166 Å². The molecule has 372 valence electrons. The van der Waals surface area contributed by atoms with Gasteiger partial charge in [-0.15, -0.1) is 0 Å². The van der Waals surface area contributed by atoms with E-state index in [1.165, 1.54) is 94.6 Å². The Morgan fingerprint density at radius 1 is 0.195 bits per heavy atom. The third-order valence-electron chi connectivity index (χ3n) is 16.1. The molecule has 0 saturated heterocycles. The summed E-state index contributed by atoms with van der Waals surface area (Å²) in [4.78, 5) is 7.30. The summed E-state index contributed by atoms with van der Waals surface area (Å²) in [5, 5.41) is 0. The highest BCUT2D eigenvalue weighted by molar-refractivity contribution is 5.99. The Morgan fingerprint density at radius 2 is 0.390 bits per heavy atom. The van der Waals surface area contributed by atoms with E-state index in [0.717, 1.165) is 51.2 Å². The molecule has 2 aliphatic carbocycles. The predicted octanol–water partition coefficient (Wildman–Crippen LogP) is 20.3. The molecule has 0 heterocycles. The summed E-state index contributed by atoms with van der Waals surface area (Å²) in [6.45, 7) is 15.1. The Kier molecular flexibility index (Phi) is 11.7. The van der Waals surface area contributed by atoms with E-state index in [0.29, 0.717) is 0 Å². The summed E-state index contributed by atoms with van der Waals surface area (Å²) < 4.78 is 0. The molecule has 0 amide bonds. The van der Waals surface area contributed by atoms with E-state index < -0.39 is 5.41 Å². The highest BCUT2D eigenvalue weighted by atomic mass is 15.2. The highest BCUT2D eigenvalue weighted by Gasteiger charge is 2.53. The van der Waals surface area contributed by atoms with Gasteiger partial charge in [0.05, 0.1) is 5.41 Å². The Morgan fingerprint density at radius 3 is 0.649 bits per heavy atom. The number of benzene rings is 11. The molecular weight excluding hydrogens is 931 g/mol. The smallest absolute Gasteiger partial charge is 0.0728 e. The van der Waals surface area contributed by atoms with Crippen molar-refractivity contribution < 1.29 is 0 Å². The van der Waals surface area contributed by atoms with Crippen LogP contribution in [0.1, 0.15) is 61.2 Å². The van der Waals surface area contributed by atoms with Crippen LogP contribution < -0.4 is 14.7 Å². The summed E-state index contributed by atoms with van der Waals surface area (Å²) in [7, 11) is 0. The first kappa shape index (κ1) is 47.5. The summed E-state index contributed by atoms with van der Waals surface area (Å²) in [5.74, 6) is 0. The van der Waals surface area contributed by atoms with Crippen LogP contribution >= 0.6 is 0 Å². The fraction of sp³-hybridized carbons (Fsp3) is 0.108. The summed E-state index contributed by atoms with van der Waals surface area (Å²) >= 11 is 0. The topological polar surface area (TPSA) is 9.72 Å². The first-order valence-electron chi connectivity index (χ1n) is 27.0. The molecule has 11 aromatic carbocycles. The van der Waals surface area contributed by atoms with Crippen molar-refractivity contribution in [3.05, 3.63) is 304 Å². The van der Waals surface area contributed by atoms with Crippen LogP contribution in [0.5, 0.6) is 0 Å². The van der Waals surface area contributed by atoms with Crippen molar-refractivity contribution >= 4 is 51.2 Å². The van der Waals surface area contributed by atoms with Gasteiger partial charge in [0.15, 0.2) is 0 Å². The number of hydrogen-bond donors (Lipinski definition) is 0. The maximum atomic E-state index is 2.52. The lowest BCUT2D eigenvalue weighted by Crippen LogP contribution is -2.27. The lowest BCUT2D eigenvalue weighted by Gasteiger charge is -2.34. The van der Waals surface area contributed by atoms with Crippen LogP contribution in [0.2, 0.25) is 0 Å². The second kappa shape index (κ2) is 18.9. The minimum atomic E-state index is -0.761. The van der Waals surface area contributed by atoms with E-state index in [2.05, 4.69) is 306 Å². The van der Waals surface area contributed by atoms with Crippen LogP contribution in [0, 0.1) is 48.5 Å². The van der Waals surface area contributed by atoms with Crippen molar-refractivity contribution in [2.45, 2.75) is 53.9 Å². The number of aryl methyl sites for hydroxylation is 7. The van der Waals surface area contributed by atoms with Gasteiger partial charge in [0.25, 0.3) is 0 Å². The van der Waals surface area contributed by atoms with Crippen LogP contribution in [-0.4, -0.2) is 0 Å². The number of fused-ring (bicyclic) bond motifs is 10. The molecule has 0 radical (unpaired) electrons. The minimum Gasteiger partial charge on any atom is -0.310 e. The molecule has 11 aromatic rings. The van der Waals surface area contributed by atoms with Crippen molar-refractivity contribution in [3.63, 3.8) is 0 Å². The minimum absolute atomic E-state index is 0.761. The Hall–Kier alpha value is -9.18. The zero-order chi connectivity index (χ0) is 52.5. The van der Waals surface area contributed by atoms with Gasteiger partial charge >= 0.3 is 0 Å². The SMILES string of the molecule is Cc1ccc(-c2ccc3c(c2)C2(c4cc(N(c5ccc(C)cc5)c5ccc(C)cc5)ccc4-3)c3cc(N(c4ccc(C)cc4)c4ccc(C)cc4)ccc3-c3ccc(N(c4ccc(C)cc4)c4ccc(C)cc4)cc32)cc1. The van der Waals surface area contributed by atoms with Crippen molar-refractivity contribution in [2.75, 3.05) is 14.7 Å². The van der Waals surface area contributed by atoms with Crippen LogP contribution in [-0.2, 0) is 5.41 Å². The molecular formula is C74H61N3. The fourth-order valence-corrected chi connectivity index (χ4v) is 12.0. The van der Waals surface area contributed by atoms with Gasteiger partial charge in [0, 0.05) is 51.2 Å². The van der Waals surface area contributed by atoms with Crippen molar-refractivity contribution in [1.82, 2.24) is 0 Å². The molecule has 0 fully saturated rings. The van der Waals surface area contributed by atoms with E-state index >= 15 is 0 Å². The average Bonchev–Trinajstić information content (AvgIpc) is 3.98. The molecule has 0 unspecified atom stereocenters. The average molecular weight is 992 g/mol. The van der Waals surface area contributed by atoms with Gasteiger partial charge in [-0.05, 0) is 219 Å². The van der Waals surface area contributed by atoms with Crippen LogP contribution in [0.3, 0.4) is 0 Å². The molecule has 0 bridgehead atoms. The molecule has 1 spiro atoms. The lowest BCUT2D eigenvalue weighted by atomic mass is 9.70. The van der Waals surface area contributed by atoms with Crippen molar-refractivity contribution in [3.8, 4) is 33.4 Å². The third-order valence-corrected chi connectivity index (χ3v) is 16.1. The first-order valence-corrected chi connectivity index (χ1v) is 27.0. The molecule has 0 atom stereocenters. The molecule has 2 aliphatic rings. The lowest BCUT2D eigenvalue weighted by molar-refractivity contribution is 0.793. The maximum Gasteiger partial charge on any atom is 0.0728 e. The Bertz CT molecular complexity index is 3570. The van der Waals surface area contributed by atoms with Crippen LogP contribution in [0.15, 0.2) is 243 Å². The highest BCUT2D eigenvalue weighted by Crippen LogP contribution is 2.65. The molecule has 3 nitrogen and oxygen atoms in total. The molecule has 0 N–H and O–H groups in total. The Balaban J connectivity index is 1.14. The molecule has 3 heteroatoms. The van der Waals surface area contributed by atoms with Gasteiger partial charge in [-0.25, -0.2) is 0 Å². The van der Waals surface area contributed by atoms with E-state index in [1.54, 1.807) is 0 Å². The number of rotatable bonds is 10. The monoisotopic (exact) mass is 991 g/mol. The summed E-state index contributed by atoms with van der Waals surface area (Å²) in [6.07, 6.45) is 0. The van der Waals surface area contributed by atoms with Gasteiger partial charge in [0.1, 0.15) is 0 Å². The van der Waals surface area contributed by atoms with E-state index in [4.69, 9.17) is 0 Å². The summed E-state index contributed by atoms with van der Waals surface area (Å²) in [5.41, 5.74) is 30.3. The standard InChI is InChI=1S/C74H61N3/c1-48-8-22-55(23-9-48)56-24-40-66-67-41-37-63(75(57-25-10-49(2)11-26-57)58-27-12-50(3)13-28-58)45-71(67)74(70(66)44-56)72-46-64(76(59-29-14-51(4)15-30-59)60-31-16-52(5)17-32-60)38-42-68(72)69-43-39-65(47-73(69)74)77(61-33-18-53(6)19-34-61)62-35-20-54(7)21-36-62/h8-47H,1-7H3. The predicted molar refractivity (Wildman–Crippen MR) is 325 cm³/mol. The van der Waals surface area contributed by atoms with Crippen molar-refractivity contribution in [2.24, 2.45) is 0 Å².